The summed E-state index contributed by atoms with van der Waals surface area (Å²) in [6.07, 6.45) is -2.82. The number of ether oxygens (including phenoxy) is 1. The van der Waals surface area contributed by atoms with Crippen molar-refractivity contribution in [3.8, 4) is 0 Å². The van der Waals surface area contributed by atoms with Gasteiger partial charge in [-0.3, -0.25) is 14.4 Å². The zero-order valence-corrected chi connectivity index (χ0v) is 8.66. The molecule has 0 aromatic carbocycles. The summed E-state index contributed by atoms with van der Waals surface area (Å²) in [5.74, 6) is -0.942. The summed E-state index contributed by atoms with van der Waals surface area (Å²) in [6.45, 7) is -0.0434. The highest BCUT2D eigenvalue weighted by Crippen LogP contribution is 2.27. The first-order valence-corrected chi connectivity index (χ1v) is 5.05. The number of aliphatic carboxylic acids is 1. The number of hydrogen-bond donors (Lipinski definition) is 1. The molecule has 0 amide bonds. The lowest BCUT2D eigenvalue weighted by Crippen LogP contribution is -2.33. The average molecular weight is 241 g/mol. The van der Waals surface area contributed by atoms with Crippen LogP contribution in [0.15, 0.2) is 0 Å². The zero-order valence-electron chi connectivity index (χ0n) is 8.66. The lowest BCUT2D eigenvalue weighted by atomic mass is 10.3. The van der Waals surface area contributed by atoms with E-state index in [0.717, 1.165) is 12.8 Å². The molecule has 16 heavy (non-hydrogen) atoms. The molecule has 1 rings (SSSR count). The van der Waals surface area contributed by atoms with Crippen molar-refractivity contribution in [2.45, 2.75) is 31.7 Å². The first-order valence-electron chi connectivity index (χ1n) is 5.05. The molecule has 7 heteroatoms. The first-order chi connectivity index (χ1) is 7.38. The first kappa shape index (κ1) is 13.2. The molecule has 0 unspecified atom stereocenters. The van der Waals surface area contributed by atoms with Gasteiger partial charge in [0.25, 0.3) is 0 Å². The van der Waals surface area contributed by atoms with Crippen LogP contribution in [0.5, 0.6) is 0 Å². The van der Waals surface area contributed by atoms with E-state index in [1.807, 2.05) is 0 Å². The predicted octanol–water partition coefficient (Wildman–Crippen LogP) is 1.46. The minimum atomic E-state index is -4.61. The summed E-state index contributed by atoms with van der Waals surface area (Å²) < 4.78 is 38.8. The largest absolute Gasteiger partial charge is 0.522 e. The van der Waals surface area contributed by atoms with Crippen molar-refractivity contribution < 1.29 is 27.8 Å². The molecular weight excluding hydrogens is 227 g/mol. The van der Waals surface area contributed by atoms with Crippen LogP contribution in [-0.2, 0) is 9.53 Å². The Morgan fingerprint density at radius 2 is 2.00 bits per heavy atom. The van der Waals surface area contributed by atoms with E-state index < -0.39 is 18.9 Å². The number of halogens is 3. The third-order valence-electron chi connectivity index (χ3n) is 2.32. The van der Waals surface area contributed by atoms with Gasteiger partial charge in [0.05, 0.1) is 13.0 Å². The van der Waals surface area contributed by atoms with Gasteiger partial charge in [-0.1, -0.05) is 0 Å². The summed E-state index contributed by atoms with van der Waals surface area (Å²) in [5.41, 5.74) is 0. The molecule has 1 aliphatic carbocycles. The van der Waals surface area contributed by atoms with E-state index in [-0.39, 0.29) is 25.6 Å². The maximum atomic E-state index is 11.7. The minimum absolute atomic E-state index is 0.0531. The maximum absolute atomic E-state index is 11.7. The Kier molecular flexibility index (Phi) is 4.55. The Balaban J connectivity index is 2.20. The summed E-state index contributed by atoms with van der Waals surface area (Å²) in [6, 6.07) is 0.233. The summed E-state index contributed by atoms with van der Waals surface area (Å²) in [5, 5.41) is 8.48. The molecule has 94 valence electrons. The molecule has 0 saturated heterocycles. The zero-order chi connectivity index (χ0) is 12.2. The van der Waals surface area contributed by atoms with Crippen LogP contribution in [0.1, 0.15) is 19.3 Å². The van der Waals surface area contributed by atoms with Crippen LogP contribution >= 0.6 is 0 Å². The molecule has 0 radical (unpaired) electrons. The number of carboxylic acids is 1. The Hall–Kier alpha value is -0.820. The monoisotopic (exact) mass is 241 g/mol. The van der Waals surface area contributed by atoms with Crippen molar-refractivity contribution in [2.24, 2.45) is 0 Å². The van der Waals surface area contributed by atoms with E-state index in [2.05, 4.69) is 4.74 Å². The Labute approximate surface area is 91.0 Å². The van der Waals surface area contributed by atoms with Crippen LogP contribution in [0.2, 0.25) is 0 Å². The number of hydrogen-bond acceptors (Lipinski definition) is 3. The molecule has 1 fully saturated rings. The predicted molar refractivity (Wildman–Crippen MR) is 48.9 cm³/mol. The normalized spacial score (nSPS) is 16.8. The van der Waals surface area contributed by atoms with Gasteiger partial charge in [0.2, 0.25) is 0 Å². The molecule has 1 aliphatic rings. The highest BCUT2D eigenvalue weighted by atomic mass is 19.4. The topological polar surface area (TPSA) is 49.8 Å². The van der Waals surface area contributed by atoms with Crippen molar-refractivity contribution in [2.75, 3.05) is 19.7 Å². The molecule has 4 nitrogen and oxygen atoms in total. The maximum Gasteiger partial charge on any atom is 0.522 e. The standard InChI is InChI=1S/C9H14F3NO3/c10-9(11,12)16-6-5-13(7-1-2-7)4-3-8(14)15/h7H,1-6H2,(H,14,15). The van der Waals surface area contributed by atoms with Gasteiger partial charge in [-0.05, 0) is 12.8 Å². The van der Waals surface area contributed by atoms with Crippen LogP contribution in [0.4, 0.5) is 13.2 Å². The molecule has 0 atom stereocenters. The molecule has 0 bridgehead atoms. The van der Waals surface area contributed by atoms with Gasteiger partial charge in [0.1, 0.15) is 0 Å². The van der Waals surface area contributed by atoms with Gasteiger partial charge in [-0.2, -0.15) is 0 Å². The van der Waals surface area contributed by atoms with E-state index in [4.69, 9.17) is 5.11 Å². The van der Waals surface area contributed by atoms with E-state index in [1.54, 1.807) is 4.90 Å². The van der Waals surface area contributed by atoms with Crippen molar-refractivity contribution in [1.82, 2.24) is 4.90 Å². The molecule has 0 heterocycles. The summed E-state index contributed by atoms with van der Waals surface area (Å²) in [4.78, 5) is 12.1. The van der Waals surface area contributed by atoms with Gasteiger partial charge >= 0.3 is 12.3 Å². The molecule has 1 N–H and O–H groups in total. The van der Waals surface area contributed by atoms with Gasteiger partial charge in [-0.15, -0.1) is 13.2 Å². The Morgan fingerprint density at radius 3 is 2.44 bits per heavy atom. The molecule has 0 aromatic rings. The van der Waals surface area contributed by atoms with E-state index >= 15 is 0 Å². The second-order valence-corrected chi connectivity index (χ2v) is 3.71. The average Bonchev–Trinajstić information content (AvgIpc) is 2.91. The SMILES string of the molecule is O=C(O)CCN(CCOC(F)(F)F)C1CC1. The van der Waals surface area contributed by atoms with Crippen LogP contribution in [-0.4, -0.2) is 48.1 Å². The third kappa shape index (κ3) is 5.92. The minimum Gasteiger partial charge on any atom is -0.481 e. The fraction of sp³-hybridized carbons (Fsp3) is 0.889. The second-order valence-electron chi connectivity index (χ2n) is 3.71. The fourth-order valence-corrected chi connectivity index (χ4v) is 1.43. The number of carbonyl (C=O) groups is 1. The summed E-state index contributed by atoms with van der Waals surface area (Å²) >= 11 is 0. The molecule has 0 aromatic heterocycles. The number of carboxylic acid groups (broad SMARTS) is 1. The Morgan fingerprint density at radius 1 is 1.38 bits per heavy atom. The quantitative estimate of drug-likeness (QED) is 0.733. The van der Waals surface area contributed by atoms with Crippen LogP contribution in [0, 0.1) is 0 Å². The lowest BCUT2D eigenvalue weighted by molar-refractivity contribution is -0.325. The van der Waals surface area contributed by atoms with Gasteiger partial charge < -0.3 is 5.11 Å². The second kappa shape index (κ2) is 5.49. The number of rotatable bonds is 7. The summed E-state index contributed by atoms with van der Waals surface area (Å²) in [7, 11) is 0. The van der Waals surface area contributed by atoms with Crippen molar-refractivity contribution in [1.29, 1.82) is 0 Å². The molecular formula is C9H14F3NO3. The Bertz CT molecular complexity index is 241. The number of nitrogens with zero attached hydrogens (tertiary/aromatic N) is 1. The van der Waals surface area contributed by atoms with Gasteiger partial charge in [-0.25, -0.2) is 0 Å². The highest BCUT2D eigenvalue weighted by Gasteiger charge is 2.32. The van der Waals surface area contributed by atoms with Crippen LogP contribution in [0.25, 0.3) is 0 Å². The molecule has 1 saturated carbocycles. The highest BCUT2D eigenvalue weighted by molar-refractivity contribution is 5.66. The van der Waals surface area contributed by atoms with E-state index in [1.165, 1.54) is 0 Å². The fourth-order valence-electron chi connectivity index (χ4n) is 1.43. The van der Waals surface area contributed by atoms with Crippen LogP contribution < -0.4 is 0 Å². The van der Waals surface area contributed by atoms with Crippen molar-refractivity contribution in [3.05, 3.63) is 0 Å². The van der Waals surface area contributed by atoms with E-state index in [9.17, 15) is 18.0 Å². The van der Waals surface area contributed by atoms with Gasteiger partial charge in [0, 0.05) is 19.1 Å². The van der Waals surface area contributed by atoms with Crippen molar-refractivity contribution in [3.63, 3.8) is 0 Å². The van der Waals surface area contributed by atoms with E-state index in [0.29, 0.717) is 0 Å². The van der Waals surface area contributed by atoms with Crippen LogP contribution in [0.3, 0.4) is 0 Å². The van der Waals surface area contributed by atoms with Gasteiger partial charge in [0.15, 0.2) is 0 Å². The lowest BCUT2D eigenvalue weighted by Gasteiger charge is -2.21. The molecule has 0 aliphatic heterocycles. The third-order valence-corrected chi connectivity index (χ3v) is 2.32. The molecule has 0 spiro atoms. The number of alkyl halides is 3. The van der Waals surface area contributed by atoms with Crippen molar-refractivity contribution >= 4 is 5.97 Å². The smallest absolute Gasteiger partial charge is 0.481 e.